The van der Waals surface area contributed by atoms with E-state index in [1.165, 1.54) is 12.1 Å². The molecule has 0 radical (unpaired) electrons. The topological polar surface area (TPSA) is 69.7 Å². The first-order chi connectivity index (χ1) is 13.4. The number of carbonyl (C=O) groups is 1. The lowest BCUT2D eigenvalue weighted by Gasteiger charge is -2.10. The summed E-state index contributed by atoms with van der Waals surface area (Å²) < 4.78 is 54.2. The molecule has 4 rings (SSSR count). The van der Waals surface area contributed by atoms with Crippen LogP contribution in [0.4, 0.5) is 18.9 Å². The highest BCUT2D eigenvalue weighted by molar-refractivity contribution is 5.92. The van der Waals surface area contributed by atoms with Crippen molar-refractivity contribution in [3.8, 4) is 17.2 Å². The van der Waals surface area contributed by atoms with Crippen LogP contribution in [0.2, 0.25) is 0 Å². The van der Waals surface area contributed by atoms with Crippen molar-refractivity contribution in [2.24, 2.45) is 0 Å². The molecule has 0 fully saturated rings. The molecule has 144 valence electrons. The molecule has 0 aliphatic carbocycles. The Hall–Kier alpha value is -3.49. The zero-order chi connectivity index (χ0) is 19.7. The highest BCUT2D eigenvalue weighted by Crippen LogP contribution is 2.34. The lowest BCUT2D eigenvalue weighted by atomic mass is 10.2. The lowest BCUT2D eigenvalue weighted by Crippen LogP contribution is -2.20. The summed E-state index contributed by atoms with van der Waals surface area (Å²) in [6.45, 7) is -0.194. The Labute approximate surface area is 156 Å². The molecule has 1 amide bonds. The van der Waals surface area contributed by atoms with E-state index in [1.807, 2.05) is 0 Å². The van der Waals surface area contributed by atoms with Crippen molar-refractivity contribution in [1.29, 1.82) is 0 Å². The Kier molecular flexibility index (Phi) is 4.42. The van der Waals surface area contributed by atoms with Crippen molar-refractivity contribution in [2.75, 3.05) is 18.7 Å². The van der Waals surface area contributed by atoms with E-state index in [4.69, 9.17) is 14.2 Å². The first-order valence-corrected chi connectivity index (χ1v) is 8.19. The van der Waals surface area contributed by atoms with Crippen molar-refractivity contribution in [1.82, 2.24) is 4.98 Å². The van der Waals surface area contributed by atoms with E-state index in [0.29, 0.717) is 22.6 Å². The van der Waals surface area contributed by atoms with Gasteiger partial charge in [-0.15, -0.1) is 0 Å². The Balaban J connectivity index is 1.42. The van der Waals surface area contributed by atoms with Gasteiger partial charge in [0.25, 0.3) is 5.91 Å². The van der Waals surface area contributed by atoms with Gasteiger partial charge in [-0.05, 0) is 30.3 Å². The number of halogens is 3. The number of anilines is 1. The summed E-state index contributed by atoms with van der Waals surface area (Å²) >= 11 is 0. The van der Waals surface area contributed by atoms with Gasteiger partial charge in [-0.3, -0.25) is 4.79 Å². The monoisotopic (exact) mass is 390 g/mol. The minimum absolute atomic E-state index is 0.127. The van der Waals surface area contributed by atoms with Crippen molar-refractivity contribution < 1.29 is 32.2 Å². The summed E-state index contributed by atoms with van der Waals surface area (Å²) in [5.74, 6) is 0.923. The van der Waals surface area contributed by atoms with Gasteiger partial charge in [0.1, 0.15) is 11.4 Å². The maximum absolute atomic E-state index is 12.8. The second-order valence-corrected chi connectivity index (χ2v) is 5.95. The third-order valence-electron chi connectivity index (χ3n) is 3.98. The molecule has 28 heavy (non-hydrogen) atoms. The lowest BCUT2D eigenvalue weighted by molar-refractivity contribution is -0.141. The SMILES string of the molecule is O=C(COc1ccc2ccc(C(F)(F)F)nc2c1)Nc1ccc2c(c1)OCO2. The molecule has 6 nitrogen and oxygen atoms in total. The number of amides is 1. The fourth-order valence-corrected chi connectivity index (χ4v) is 2.66. The Morgan fingerprint density at radius 1 is 1.07 bits per heavy atom. The van der Waals surface area contributed by atoms with Crippen LogP contribution in [-0.2, 0) is 11.0 Å². The van der Waals surface area contributed by atoms with Crippen LogP contribution >= 0.6 is 0 Å². The maximum atomic E-state index is 12.8. The van der Waals surface area contributed by atoms with E-state index in [9.17, 15) is 18.0 Å². The van der Waals surface area contributed by atoms with Crippen molar-refractivity contribution in [2.45, 2.75) is 6.18 Å². The smallest absolute Gasteiger partial charge is 0.433 e. The summed E-state index contributed by atoms with van der Waals surface area (Å²) in [5.41, 5.74) is -0.353. The maximum Gasteiger partial charge on any atom is 0.433 e. The molecule has 0 bridgehead atoms. The Bertz CT molecular complexity index is 1050. The highest BCUT2D eigenvalue weighted by atomic mass is 19.4. The standard InChI is InChI=1S/C19H13F3N2O4/c20-19(21,22)17-6-2-11-1-4-13(8-14(11)24-17)26-9-18(25)23-12-3-5-15-16(7-12)28-10-27-15/h1-8H,9-10H2,(H,23,25). The number of ether oxygens (including phenoxy) is 3. The van der Waals surface area contributed by atoms with Gasteiger partial charge in [0.05, 0.1) is 5.52 Å². The van der Waals surface area contributed by atoms with Crippen molar-refractivity contribution in [3.63, 3.8) is 0 Å². The Morgan fingerprint density at radius 3 is 2.68 bits per heavy atom. The Morgan fingerprint density at radius 2 is 1.86 bits per heavy atom. The van der Waals surface area contributed by atoms with Gasteiger partial charge in [-0.2, -0.15) is 13.2 Å². The normalized spacial score (nSPS) is 12.8. The molecule has 0 spiro atoms. The van der Waals surface area contributed by atoms with Gasteiger partial charge in [0.15, 0.2) is 18.1 Å². The third kappa shape index (κ3) is 3.78. The second-order valence-electron chi connectivity index (χ2n) is 5.95. The fourth-order valence-electron chi connectivity index (χ4n) is 2.66. The van der Waals surface area contributed by atoms with Crippen LogP contribution in [0.5, 0.6) is 17.2 Å². The summed E-state index contributed by atoms with van der Waals surface area (Å²) in [6.07, 6.45) is -4.53. The van der Waals surface area contributed by atoms with Crippen LogP contribution in [0.15, 0.2) is 48.5 Å². The number of aromatic nitrogens is 1. The molecule has 1 aliphatic rings. The number of nitrogens with one attached hydrogen (secondary N) is 1. The van der Waals surface area contributed by atoms with Crippen LogP contribution in [0.1, 0.15) is 5.69 Å². The molecule has 2 heterocycles. The first-order valence-electron chi connectivity index (χ1n) is 8.19. The molecule has 9 heteroatoms. The molecule has 0 unspecified atom stereocenters. The predicted molar refractivity (Wildman–Crippen MR) is 93.4 cm³/mol. The van der Waals surface area contributed by atoms with E-state index in [2.05, 4.69) is 10.3 Å². The van der Waals surface area contributed by atoms with Crippen LogP contribution in [0, 0.1) is 0 Å². The summed E-state index contributed by atoms with van der Waals surface area (Å²) in [5, 5.41) is 3.18. The van der Waals surface area contributed by atoms with E-state index in [0.717, 1.165) is 6.07 Å². The summed E-state index contributed by atoms with van der Waals surface area (Å²) in [6, 6.07) is 11.7. The third-order valence-corrected chi connectivity index (χ3v) is 3.98. The molecule has 0 saturated carbocycles. The summed E-state index contributed by atoms with van der Waals surface area (Å²) in [4.78, 5) is 15.7. The number of hydrogen-bond acceptors (Lipinski definition) is 5. The van der Waals surface area contributed by atoms with E-state index in [-0.39, 0.29) is 24.7 Å². The number of carbonyl (C=O) groups excluding carboxylic acids is 1. The zero-order valence-electron chi connectivity index (χ0n) is 14.2. The molecule has 0 atom stereocenters. The van der Waals surface area contributed by atoms with E-state index < -0.39 is 17.8 Å². The average molecular weight is 390 g/mol. The predicted octanol–water partition coefficient (Wildman–Crippen LogP) is 4.00. The number of hydrogen-bond donors (Lipinski definition) is 1. The quantitative estimate of drug-likeness (QED) is 0.729. The number of nitrogens with zero attached hydrogens (tertiary/aromatic N) is 1. The number of rotatable bonds is 4. The largest absolute Gasteiger partial charge is 0.484 e. The molecular formula is C19H13F3N2O4. The van der Waals surface area contributed by atoms with Crippen LogP contribution in [0.25, 0.3) is 10.9 Å². The van der Waals surface area contributed by atoms with Gasteiger partial charge in [-0.1, -0.05) is 6.07 Å². The van der Waals surface area contributed by atoms with Crippen molar-refractivity contribution >= 4 is 22.5 Å². The highest BCUT2D eigenvalue weighted by Gasteiger charge is 2.32. The molecule has 3 aromatic rings. The number of alkyl halides is 3. The molecule has 1 N–H and O–H groups in total. The van der Waals surface area contributed by atoms with Gasteiger partial charge in [0.2, 0.25) is 6.79 Å². The first kappa shape index (κ1) is 17.9. The molecular weight excluding hydrogens is 377 g/mol. The molecule has 2 aromatic carbocycles. The number of pyridine rings is 1. The number of benzene rings is 2. The summed E-state index contributed by atoms with van der Waals surface area (Å²) in [7, 11) is 0. The molecule has 1 aliphatic heterocycles. The molecule has 0 saturated heterocycles. The van der Waals surface area contributed by atoms with Gasteiger partial charge in [0, 0.05) is 23.2 Å². The van der Waals surface area contributed by atoms with Crippen LogP contribution in [0.3, 0.4) is 0 Å². The van der Waals surface area contributed by atoms with Crippen LogP contribution in [-0.4, -0.2) is 24.3 Å². The van der Waals surface area contributed by atoms with E-state index >= 15 is 0 Å². The van der Waals surface area contributed by atoms with Gasteiger partial charge < -0.3 is 19.5 Å². The number of fused-ring (bicyclic) bond motifs is 2. The van der Waals surface area contributed by atoms with Crippen LogP contribution < -0.4 is 19.5 Å². The minimum atomic E-state index is -4.53. The van der Waals surface area contributed by atoms with Gasteiger partial charge in [-0.25, -0.2) is 4.98 Å². The molecule has 1 aromatic heterocycles. The van der Waals surface area contributed by atoms with Gasteiger partial charge >= 0.3 is 6.18 Å². The zero-order valence-corrected chi connectivity index (χ0v) is 14.2. The van der Waals surface area contributed by atoms with Crippen molar-refractivity contribution in [3.05, 3.63) is 54.2 Å². The van der Waals surface area contributed by atoms with E-state index in [1.54, 1.807) is 30.3 Å². The average Bonchev–Trinajstić information content (AvgIpc) is 3.13. The second kappa shape index (κ2) is 6.91. The minimum Gasteiger partial charge on any atom is -0.484 e. The fraction of sp³-hybridized carbons (Fsp3) is 0.158.